The van der Waals surface area contributed by atoms with Crippen molar-refractivity contribution in [2.45, 2.75) is 26.8 Å². The van der Waals surface area contributed by atoms with E-state index in [1.807, 2.05) is 12.1 Å². The van der Waals surface area contributed by atoms with Crippen molar-refractivity contribution < 1.29 is 9.18 Å². The van der Waals surface area contributed by atoms with Crippen molar-refractivity contribution in [2.75, 3.05) is 11.9 Å². The Bertz CT molecular complexity index is 957. The third-order valence-electron chi connectivity index (χ3n) is 4.40. The highest BCUT2D eigenvalue weighted by Gasteiger charge is 2.10. The number of carbonyl (C=O) groups excluding carboxylic acids is 1. The van der Waals surface area contributed by atoms with Crippen LogP contribution in [0.25, 0.3) is 0 Å². The van der Waals surface area contributed by atoms with E-state index in [9.17, 15) is 9.18 Å². The van der Waals surface area contributed by atoms with Gasteiger partial charge in [-0.1, -0.05) is 36.4 Å². The third kappa shape index (κ3) is 5.36. The predicted octanol–water partition coefficient (Wildman–Crippen LogP) is 3.82. The lowest BCUT2D eigenvalue weighted by Crippen LogP contribution is -2.27. The molecule has 6 heteroatoms. The van der Waals surface area contributed by atoms with Crippen LogP contribution >= 0.6 is 0 Å². The topological polar surface area (TPSA) is 66.9 Å². The number of amides is 1. The zero-order valence-electron chi connectivity index (χ0n) is 16.0. The number of hydrogen-bond donors (Lipinski definition) is 2. The molecule has 0 atom stereocenters. The molecule has 0 fully saturated rings. The Morgan fingerprint density at radius 3 is 2.54 bits per heavy atom. The quantitative estimate of drug-likeness (QED) is 0.656. The summed E-state index contributed by atoms with van der Waals surface area (Å²) in [5.41, 5.74) is 3.64. The number of carbonyl (C=O) groups is 1. The van der Waals surface area contributed by atoms with Gasteiger partial charge in [-0.05, 0) is 49.1 Å². The first-order chi connectivity index (χ1) is 13.5. The first kappa shape index (κ1) is 19.5. The van der Waals surface area contributed by atoms with Crippen molar-refractivity contribution in [1.29, 1.82) is 0 Å². The molecule has 5 nitrogen and oxygen atoms in total. The maximum Gasteiger partial charge on any atom is 0.270 e. The fourth-order valence-electron chi connectivity index (χ4n) is 2.83. The van der Waals surface area contributed by atoms with Crippen LogP contribution in [-0.2, 0) is 13.0 Å². The van der Waals surface area contributed by atoms with Crippen LogP contribution in [-0.4, -0.2) is 22.4 Å². The largest absolute Gasteiger partial charge is 0.366 e. The van der Waals surface area contributed by atoms with Gasteiger partial charge in [-0.15, -0.1) is 0 Å². The summed E-state index contributed by atoms with van der Waals surface area (Å²) in [5.74, 6) is 0.611. The Labute approximate surface area is 164 Å². The van der Waals surface area contributed by atoms with Crippen molar-refractivity contribution in [1.82, 2.24) is 15.3 Å². The molecule has 1 heterocycles. The number of aromatic nitrogens is 2. The minimum Gasteiger partial charge on any atom is -0.366 e. The molecule has 3 aromatic rings. The fraction of sp³-hybridized carbons (Fsp3) is 0.227. The van der Waals surface area contributed by atoms with Crippen LogP contribution in [0.5, 0.6) is 0 Å². The van der Waals surface area contributed by atoms with Crippen molar-refractivity contribution in [3.05, 3.63) is 88.6 Å². The molecular weight excluding hydrogens is 355 g/mol. The molecule has 0 radical (unpaired) electrons. The van der Waals surface area contributed by atoms with E-state index in [-0.39, 0.29) is 11.7 Å². The van der Waals surface area contributed by atoms with Crippen molar-refractivity contribution in [3.63, 3.8) is 0 Å². The summed E-state index contributed by atoms with van der Waals surface area (Å²) in [5, 5.41) is 6.11. The van der Waals surface area contributed by atoms with E-state index >= 15 is 0 Å². The second kappa shape index (κ2) is 9.08. The minimum absolute atomic E-state index is 0.258. The van der Waals surface area contributed by atoms with E-state index in [0.29, 0.717) is 36.8 Å². The van der Waals surface area contributed by atoms with Gasteiger partial charge in [0.25, 0.3) is 5.91 Å². The van der Waals surface area contributed by atoms with E-state index in [2.05, 4.69) is 39.7 Å². The van der Waals surface area contributed by atoms with E-state index in [4.69, 9.17) is 0 Å². The smallest absolute Gasteiger partial charge is 0.270 e. The molecule has 0 unspecified atom stereocenters. The van der Waals surface area contributed by atoms with Gasteiger partial charge >= 0.3 is 0 Å². The lowest BCUT2D eigenvalue weighted by Gasteiger charge is -2.10. The predicted molar refractivity (Wildman–Crippen MR) is 108 cm³/mol. The number of benzene rings is 2. The molecule has 2 N–H and O–H groups in total. The molecule has 0 aliphatic carbocycles. The monoisotopic (exact) mass is 378 g/mol. The summed E-state index contributed by atoms with van der Waals surface area (Å²) in [6, 6.07) is 16.0. The molecule has 1 aromatic heterocycles. The summed E-state index contributed by atoms with van der Waals surface area (Å²) >= 11 is 0. The zero-order chi connectivity index (χ0) is 19.9. The van der Waals surface area contributed by atoms with Crippen LogP contribution in [0.2, 0.25) is 0 Å². The van der Waals surface area contributed by atoms with E-state index in [0.717, 1.165) is 5.56 Å². The van der Waals surface area contributed by atoms with Crippen molar-refractivity contribution in [2.24, 2.45) is 0 Å². The Kier molecular flexibility index (Phi) is 6.32. The maximum atomic E-state index is 12.9. The van der Waals surface area contributed by atoms with Gasteiger partial charge in [-0.3, -0.25) is 4.79 Å². The number of rotatable bonds is 7. The number of aryl methyl sites for hydroxylation is 2. The standard InChI is InChI=1S/C22H23FN4O/c1-15-5-3-4-6-18(15)14-25-21-13-20(26-16(2)27-21)22(28)24-12-11-17-7-9-19(23)10-8-17/h3-10,13H,11-12,14H2,1-2H3,(H,24,28)(H,25,26,27). The van der Waals surface area contributed by atoms with E-state index in [1.165, 1.54) is 23.3 Å². The minimum atomic E-state index is -0.269. The molecule has 144 valence electrons. The van der Waals surface area contributed by atoms with Crippen LogP contribution in [0.1, 0.15) is 33.0 Å². The lowest BCUT2D eigenvalue weighted by atomic mass is 10.1. The first-order valence-electron chi connectivity index (χ1n) is 9.18. The van der Waals surface area contributed by atoms with E-state index in [1.54, 1.807) is 25.1 Å². The van der Waals surface area contributed by atoms with E-state index < -0.39 is 0 Å². The Morgan fingerprint density at radius 1 is 1.04 bits per heavy atom. The van der Waals surface area contributed by atoms with Gasteiger partial charge in [0.05, 0.1) is 0 Å². The number of nitrogens with zero attached hydrogens (tertiary/aromatic N) is 2. The molecule has 0 saturated carbocycles. The van der Waals surface area contributed by atoms with Crippen molar-refractivity contribution in [3.8, 4) is 0 Å². The Morgan fingerprint density at radius 2 is 1.79 bits per heavy atom. The highest BCUT2D eigenvalue weighted by molar-refractivity contribution is 5.92. The lowest BCUT2D eigenvalue weighted by molar-refractivity contribution is 0.0949. The van der Waals surface area contributed by atoms with Crippen LogP contribution in [0.4, 0.5) is 10.2 Å². The number of anilines is 1. The molecule has 1 amide bonds. The molecule has 0 spiro atoms. The molecule has 2 aromatic carbocycles. The van der Waals surface area contributed by atoms with Gasteiger partial charge in [-0.2, -0.15) is 0 Å². The number of halogens is 1. The van der Waals surface area contributed by atoms with Crippen molar-refractivity contribution >= 4 is 11.7 Å². The maximum absolute atomic E-state index is 12.9. The highest BCUT2D eigenvalue weighted by atomic mass is 19.1. The zero-order valence-corrected chi connectivity index (χ0v) is 16.0. The van der Waals surface area contributed by atoms with Gasteiger partial charge in [0.2, 0.25) is 0 Å². The summed E-state index contributed by atoms with van der Waals surface area (Å²) in [7, 11) is 0. The van der Waals surface area contributed by atoms with Crippen LogP contribution in [0.15, 0.2) is 54.6 Å². The Balaban J connectivity index is 1.59. The van der Waals surface area contributed by atoms with Gasteiger partial charge in [0.15, 0.2) is 0 Å². The fourth-order valence-corrected chi connectivity index (χ4v) is 2.83. The summed E-state index contributed by atoms with van der Waals surface area (Å²) in [4.78, 5) is 21.0. The third-order valence-corrected chi connectivity index (χ3v) is 4.40. The van der Waals surface area contributed by atoms with Gasteiger partial charge in [0.1, 0.15) is 23.2 Å². The second-order valence-corrected chi connectivity index (χ2v) is 6.60. The molecule has 0 aliphatic heterocycles. The highest BCUT2D eigenvalue weighted by Crippen LogP contribution is 2.12. The second-order valence-electron chi connectivity index (χ2n) is 6.60. The number of hydrogen-bond acceptors (Lipinski definition) is 4. The molecular formula is C22H23FN4O. The molecule has 28 heavy (non-hydrogen) atoms. The average Bonchev–Trinajstić information content (AvgIpc) is 2.68. The summed E-state index contributed by atoms with van der Waals surface area (Å²) in [6.07, 6.45) is 0.620. The van der Waals surface area contributed by atoms with Gasteiger partial charge in [0, 0.05) is 19.2 Å². The van der Waals surface area contributed by atoms with Crippen LogP contribution in [0, 0.1) is 19.7 Å². The summed E-state index contributed by atoms with van der Waals surface area (Å²) in [6.45, 7) is 4.88. The molecule has 3 rings (SSSR count). The normalized spacial score (nSPS) is 10.5. The first-order valence-corrected chi connectivity index (χ1v) is 9.18. The van der Waals surface area contributed by atoms with Crippen LogP contribution in [0.3, 0.4) is 0 Å². The van der Waals surface area contributed by atoms with Gasteiger partial charge in [-0.25, -0.2) is 14.4 Å². The average molecular weight is 378 g/mol. The van der Waals surface area contributed by atoms with Crippen LogP contribution < -0.4 is 10.6 Å². The molecule has 0 aliphatic rings. The summed E-state index contributed by atoms with van der Waals surface area (Å²) < 4.78 is 12.9. The molecule has 0 bridgehead atoms. The number of nitrogens with one attached hydrogen (secondary N) is 2. The Hall–Kier alpha value is -3.28. The van der Waals surface area contributed by atoms with Gasteiger partial charge < -0.3 is 10.6 Å². The SMILES string of the molecule is Cc1nc(NCc2ccccc2C)cc(C(=O)NCCc2ccc(F)cc2)n1. The molecule has 0 saturated heterocycles.